The van der Waals surface area contributed by atoms with Gasteiger partial charge in [-0.15, -0.1) is 11.3 Å². The lowest BCUT2D eigenvalue weighted by Gasteiger charge is -2.11. The van der Waals surface area contributed by atoms with Crippen molar-refractivity contribution in [1.82, 2.24) is 19.5 Å². The van der Waals surface area contributed by atoms with E-state index in [4.69, 9.17) is 0 Å². The number of imidazole rings is 1. The second kappa shape index (κ2) is 6.80. The normalized spacial score (nSPS) is 11.8. The molecule has 3 heterocycles. The predicted octanol–water partition coefficient (Wildman–Crippen LogP) is 4.40. The van der Waals surface area contributed by atoms with Crippen molar-refractivity contribution in [2.75, 3.05) is 5.32 Å². The van der Waals surface area contributed by atoms with Gasteiger partial charge in [0, 0.05) is 12.4 Å². The van der Waals surface area contributed by atoms with Crippen LogP contribution in [0.1, 0.15) is 37.6 Å². The summed E-state index contributed by atoms with van der Waals surface area (Å²) in [5.74, 6) is 2.11. The van der Waals surface area contributed by atoms with Gasteiger partial charge in [0.25, 0.3) is 0 Å². The third-order valence-electron chi connectivity index (χ3n) is 3.62. The number of nitrogens with zero attached hydrogens (tertiary/aromatic N) is 4. The molecule has 128 valence electrons. The molecule has 0 aliphatic carbocycles. The topological polar surface area (TPSA) is 55.6 Å². The molecule has 3 aromatic rings. The molecule has 0 bridgehead atoms. The molecule has 5 nitrogen and oxygen atoms in total. The van der Waals surface area contributed by atoms with Crippen molar-refractivity contribution >= 4 is 27.4 Å². The summed E-state index contributed by atoms with van der Waals surface area (Å²) in [6.45, 7) is 3.72. The van der Waals surface area contributed by atoms with E-state index in [-0.39, 0.29) is 12.4 Å². The minimum absolute atomic E-state index is 0.180. The summed E-state index contributed by atoms with van der Waals surface area (Å²) in [4.78, 5) is 13.9. The van der Waals surface area contributed by atoms with E-state index in [2.05, 4.69) is 39.5 Å². The Hall–Kier alpha value is -2.09. The number of alkyl halides is 2. The highest BCUT2D eigenvalue weighted by Gasteiger charge is 2.16. The Bertz CT molecular complexity index is 840. The first-order valence-corrected chi connectivity index (χ1v) is 8.62. The first kappa shape index (κ1) is 16.8. The first-order chi connectivity index (χ1) is 11.5. The van der Waals surface area contributed by atoms with Crippen LogP contribution in [0.25, 0.3) is 10.2 Å². The lowest BCUT2D eigenvalue weighted by atomic mass is 10.0. The Labute approximate surface area is 142 Å². The number of halogens is 2. The molecule has 24 heavy (non-hydrogen) atoms. The number of fused-ring (bicyclic) bond motifs is 1. The summed E-state index contributed by atoms with van der Waals surface area (Å²) in [6, 6.07) is 0. The van der Waals surface area contributed by atoms with Gasteiger partial charge in [-0.05, 0) is 30.2 Å². The third kappa shape index (κ3) is 3.38. The minimum atomic E-state index is -2.60. The third-order valence-corrected chi connectivity index (χ3v) is 4.54. The van der Waals surface area contributed by atoms with E-state index >= 15 is 0 Å². The van der Waals surface area contributed by atoms with Crippen LogP contribution < -0.4 is 5.32 Å². The number of nitrogens with one attached hydrogen (secondary N) is 1. The summed E-state index contributed by atoms with van der Waals surface area (Å²) in [5, 5.41) is 6.25. The van der Waals surface area contributed by atoms with Crippen LogP contribution in [0, 0.1) is 12.8 Å². The summed E-state index contributed by atoms with van der Waals surface area (Å²) in [7, 11) is 0. The molecule has 0 aromatic carbocycles. The Morgan fingerprint density at radius 1 is 1.29 bits per heavy atom. The van der Waals surface area contributed by atoms with E-state index in [0.717, 1.165) is 21.2 Å². The van der Waals surface area contributed by atoms with Crippen LogP contribution in [-0.2, 0) is 13.0 Å². The van der Waals surface area contributed by atoms with E-state index < -0.39 is 6.55 Å². The van der Waals surface area contributed by atoms with E-state index in [1.54, 1.807) is 11.3 Å². The zero-order chi connectivity index (χ0) is 17.3. The van der Waals surface area contributed by atoms with Crippen LogP contribution in [0.3, 0.4) is 0 Å². The summed E-state index contributed by atoms with van der Waals surface area (Å²) < 4.78 is 26.7. The van der Waals surface area contributed by atoms with E-state index in [1.165, 1.54) is 18.0 Å². The molecule has 0 aliphatic heterocycles. The monoisotopic (exact) mass is 351 g/mol. The lowest BCUT2D eigenvalue weighted by molar-refractivity contribution is 0.0673. The van der Waals surface area contributed by atoms with Gasteiger partial charge in [0.1, 0.15) is 22.3 Å². The van der Waals surface area contributed by atoms with Gasteiger partial charge in [0.15, 0.2) is 0 Å². The van der Waals surface area contributed by atoms with Gasteiger partial charge in [0.05, 0.1) is 11.9 Å². The molecule has 0 saturated carbocycles. The number of hydrogen-bond acceptors (Lipinski definition) is 5. The smallest absolute Gasteiger partial charge is 0.319 e. The van der Waals surface area contributed by atoms with Gasteiger partial charge in [-0.2, -0.15) is 8.78 Å². The van der Waals surface area contributed by atoms with Gasteiger partial charge in [-0.3, -0.25) is 4.57 Å². The molecule has 0 radical (unpaired) electrons. The summed E-state index contributed by atoms with van der Waals surface area (Å²) >= 11 is 1.58. The van der Waals surface area contributed by atoms with E-state index in [0.29, 0.717) is 17.6 Å². The molecule has 1 N–H and O–H groups in total. The quantitative estimate of drug-likeness (QED) is 0.715. The maximum absolute atomic E-state index is 12.9. The van der Waals surface area contributed by atoms with Crippen LogP contribution in [0.4, 0.5) is 14.6 Å². The predicted molar refractivity (Wildman–Crippen MR) is 91.5 cm³/mol. The Kier molecular flexibility index (Phi) is 4.75. The zero-order valence-corrected chi connectivity index (χ0v) is 14.6. The molecule has 8 heteroatoms. The molecule has 0 unspecified atom stereocenters. The molecule has 0 spiro atoms. The molecule has 0 aliphatic rings. The number of rotatable bonds is 6. The van der Waals surface area contributed by atoms with Gasteiger partial charge in [-0.25, -0.2) is 15.0 Å². The number of hydrogen-bond donors (Lipinski definition) is 1. The van der Waals surface area contributed by atoms with Crippen LogP contribution in [0.2, 0.25) is 0 Å². The molecule has 0 atom stereocenters. The molecule has 3 aromatic heterocycles. The maximum Gasteiger partial charge on any atom is 0.319 e. The van der Waals surface area contributed by atoms with E-state index in [9.17, 15) is 8.78 Å². The zero-order valence-electron chi connectivity index (χ0n) is 13.8. The second-order valence-electron chi connectivity index (χ2n) is 6.04. The highest BCUT2D eigenvalue weighted by molar-refractivity contribution is 7.17. The van der Waals surface area contributed by atoms with Gasteiger partial charge < -0.3 is 5.32 Å². The van der Waals surface area contributed by atoms with Crippen molar-refractivity contribution in [2.45, 2.75) is 40.3 Å². The van der Waals surface area contributed by atoms with Crippen molar-refractivity contribution in [3.63, 3.8) is 0 Å². The maximum atomic E-state index is 12.9. The fraction of sp³-hybridized carbons (Fsp3) is 0.438. The summed E-state index contributed by atoms with van der Waals surface area (Å²) in [5.41, 5.74) is 1.18. The second-order valence-corrected chi connectivity index (χ2v) is 6.90. The number of thiophene rings is 1. The van der Waals surface area contributed by atoms with Gasteiger partial charge in [-0.1, -0.05) is 13.8 Å². The molecule has 0 saturated heterocycles. The Balaban J connectivity index is 1.93. The van der Waals surface area contributed by atoms with Crippen molar-refractivity contribution in [3.8, 4) is 0 Å². The Morgan fingerprint density at radius 2 is 2.08 bits per heavy atom. The van der Waals surface area contributed by atoms with Crippen LogP contribution in [-0.4, -0.2) is 19.5 Å². The van der Waals surface area contributed by atoms with Crippen molar-refractivity contribution < 1.29 is 8.78 Å². The van der Waals surface area contributed by atoms with E-state index in [1.807, 2.05) is 6.92 Å². The van der Waals surface area contributed by atoms with Crippen molar-refractivity contribution in [2.24, 2.45) is 5.92 Å². The van der Waals surface area contributed by atoms with Gasteiger partial charge >= 0.3 is 6.55 Å². The average Bonchev–Trinajstić information content (AvgIpc) is 3.11. The van der Waals surface area contributed by atoms with Gasteiger partial charge in [0.2, 0.25) is 0 Å². The SMILES string of the molecule is Cc1nc(NCc2nccn2C(F)F)c2c(CC(C)C)csc2n1. The average molecular weight is 351 g/mol. The highest BCUT2D eigenvalue weighted by Crippen LogP contribution is 2.31. The van der Waals surface area contributed by atoms with Crippen LogP contribution >= 0.6 is 11.3 Å². The van der Waals surface area contributed by atoms with Crippen molar-refractivity contribution in [1.29, 1.82) is 0 Å². The largest absolute Gasteiger partial charge is 0.362 e. The molecular formula is C16H19F2N5S. The minimum Gasteiger partial charge on any atom is -0.362 e. The number of aryl methyl sites for hydroxylation is 1. The van der Waals surface area contributed by atoms with Crippen LogP contribution in [0.5, 0.6) is 0 Å². The fourth-order valence-electron chi connectivity index (χ4n) is 2.65. The molecule has 3 rings (SSSR count). The molecular weight excluding hydrogens is 332 g/mol. The van der Waals surface area contributed by atoms with Crippen molar-refractivity contribution in [3.05, 3.63) is 35.0 Å². The molecule has 0 fully saturated rings. The lowest BCUT2D eigenvalue weighted by Crippen LogP contribution is -2.11. The number of anilines is 1. The summed E-state index contributed by atoms with van der Waals surface area (Å²) in [6.07, 6.45) is 3.57. The van der Waals surface area contributed by atoms with Crippen LogP contribution in [0.15, 0.2) is 17.8 Å². The molecule has 0 amide bonds. The highest BCUT2D eigenvalue weighted by atomic mass is 32.1. The Morgan fingerprint density at radius 3 is 2.79 bits per heavy atom. The number of aromatic nitrogens is 4. The first-order valence-electron chi connectivity index (χ1n) is 7.74. The standard InChI is InChI=1S/C16H19F2N5S/c1-9(2)6-11-8-24-15-13(11)14(21-10(3)22-15)20-7-12-19-4-5-23(12)16(17)18/h4-5,8-9,16H,6-7H2,1-3H3,(H,20,21,22). The fourth-order valence-corrected chi connectivity index (χ4v) is 3.65.